The van der Waals surface area contributed by atoms with Crippen LogP contribution >= 0.6 is 11.8 Å². The van der Waals surface area contributed by atoms with Gasteiger partial charge in [0.15, 0.2) is 0 Å². The highest BCUT2D eigenvalue weighted by atomic mass is 32.2. The van der Waals surface area contributed by atoms with Crippen molar-refractivity contribution in [2.45, 2.75) is 31.9 Å². The summed E-state index contributed by atoms with van der Waals surface area (Å²) < 4.78 is 0. The van der Waals surface area contributed by atoms with E-state index in [1.165, 1.54) is 4.90 Å². The van der Waals surface area contributed by atoms with Gasteiger partial charge in [0.2, 0.25) is 5.91 Å². The quantitative estimate of drug-likeness (QED) is 0.209. The number of β-lactam (4-membered cyclic amide) rings is 1. The number of aliphatic hydroxyl groups excluding tert-OH is 1. The number of rotatable bonds is 9. The molecule has 22 heavy (non-hydrogen) atoms. The average molecular weight is 327 g/mol. The molecule has 3 unspecified atom stereocenters. The second kappa shape index (κ2) is 7.15. The van der Waals surface area contributed by atoms with E-state index in [0.29, 0.717) is 12.2 Å². The second-order valence-corrected chi connectivity index (χ2v) is 6.61. The second-order valence-electron chi connectivity index (χ2n) is 5.51. The maximum Gasteiger partial charge on any atom is 0.352 e. The van der Waals surface area contributed by atoms with Gasteiger partial charge in [0.1, 0.15) is 5.70 Å². The predicted molar refractivity (Wildman–Crippen MR) is 83.8 cm³/mol. The molecule has 122 valence electrons. The van der Waals surface area contributed by atoms with Crippen molar-refractivity contribution in [3.05, 3.63) is 11.3 Å². The molecule has 2 aliphatic heterocycles. The van der Waals surface area contributed by atoms with E-state index in [-0.39, 0.29) is 17.6 Å². The maximum atomic E-state index is 12.0. The maximum absolute atomic E-state index is 12.0. The van der Waals surface area contributed by atoms with Gasteiger partial charge < -0.3 is 20.4 Å². The number of nitrogens with one attached hydrogen (secondary N) is 2. The van der Waals surface area contributed by atoms with Crippen molar-refractivity contribution in [2.75, 3.05) is 18.1 Å². The SMILES string of the molecule is CC(O)C1C(=O)N2C(C(=O)O)=C(CSCCCNC=N)CC12. The molecule has 1 fully saturated rings. The molecule has 0 aromatic heterocycles. The van der Waals surface area contributed by atoms with Gasteiger partial charge in [-0.25, -0.2) is 4.79 Å². The lowest BCUT2D eigenvalue weighted by Gasteiger charge is -2.44. The highest BCUT2D eigenvalue weighted by molar-refractivity contribution is 7.99. The molecule has 0 saturated carbocycles. The minimum atomic E-state index is -1.07. The van der Waals surface area contributed by atoms with E-state index < -0.39 is 18.0 Å². The van der Waals surface area contributed by atoms with Crippen LogP contribution in [-0.2, 0) is 9.59 Å². The Morgan fingerprint density at radius 3 is 2.95 bits per heavy atom. The first-order valence-corrected chi connectivity index (χ1v) is 8.41. The zero-order valence-electron chi connectivity index (χ0n) is 12.4. The zero-order chi connectivity index (χ0) is 16.3. The van der Waals surface area contributed by atoms with Crippen LogP contribution in [0.5, 0.6) is 0 Å². The van der Waals surface area contributed by atoms with E-state index in [2.05, 4.69) is 5.32 Å². The van der Waals surface area contributed by atoms with Crippen LogP contribution in [-0.4, -0.2) is 63.5 Å². The van der Waals surface area contributed by atoms with Gasteiger partial charge in [0, 0.05) is 12.3 Å². The Morgan fingerprint density at radius 2 is 2.36 bits per heavy atom. The van der Waals surface area contributed by atoms with Gasteiger partial charge in [-0.3, -0.25) is 10.2 Å². The van der Waals surface area contributed by atoms with E-state index in [4.69, 9.17) is 5.41 Å². The number of aliphatic hydroxyl groups is 1. The normalized spacial score (nSPS) is 24.8. The summed E-state index contributed by atoms with van der Waals surface area (Å²) in [5.74, 6) is -0.392. The number of carboxylic acid groups (broad SMARTS) is 1. The molecule has 1 saturated heterocycles. The summed E-state index contributed by atoms with van der Waals surface area (Å²) in [5.41, 5.74) is 0.885. The highest BCUT2D eigenvalue weighted by Crippen LogP contribution is 2.44. The molecule has 0 spiro atoms. The third kappa shape index (κ3) is 3.12. The molecule has 7 nitrogen and oxygen atoms in total. The Hall–Kier alpha value is -1.54. The summed E-state index contributed by atoms with van der Waals surface area (Å²) in [4.78, 5) is 24.8. The molecule has 4 N–H and O–H groups in total. The number of thioether (sulfide) groups is 1. The number of aliphatic carboxylic acids is 1. The van der Waals surface area contributed by atoms with Crippen LogP contribution in [0.15, 0.2) is 11.3 Å². The lowest BCUT2D eigenvalue weighted by atomic mass is 9.83. The topological polar surface area (TPSA) is 114 Å². The van der Waals surface area contributed by atoms with Crippen molar-refractivity contribution in [3.63, 3.8) is 0 Å². The smallest absolute Gasteiger partial charge is 0.352 e. The summed E-state index contributed by atoms with van der Waals surface area (Å²) in [5, 5.41) is 28.7. The Balaban J connectivity index is 1.94. The molecule has 2 rings (SSSR count). The third-order valence-electron chi connectivity index (χ3n) is 4.01. The van der Waals surface area contributed by atoms with Crippen LogP contribution in [0.25, 0.3) is 0 Å². The van der Waals surface area contributed by atoms with Crippen molar-refractivity contribution in [1.29, 1.82) is 5.41 Å². The summed E-state index contributed by atoms with van der Waals surface area (Å²) >= 11 is 1.63. The molecule has 0 radical (unpaired) electrons. The van der Waals surface area contributed by atoms with Crippen molar-refractivity contribution < 1.29 is 19.8 Å². The largest absolute Gasteiger partial charge is 0.477 e. The summed E-state index contributed by atoms with van der Waals surface area (Å²) in [7, 11) is 0. The Bertz CT molecular complexity index is 506. The summed E-state index contributed by atoms with van der Waals surface area (Å²) in [6.07, 6.45) is 1.83. The average Bonchev–Trinajstić information content (AvgIpc) is 2.77. The fourth-order valence-corrected chi connectivity index (χ4v) is 4.03. The lowest BCUT2D eigenvalue weighted by molar-refractivity contribution is -0.161. The van der Waals surface area contributed by atoms with Crippen molar-refractivity contribution in [2.24, 2.45) is 5.92 Å². The lowest BCUT2D eigenvalue weighted by Crippen LogP contribution is -2.61. The molecule has 0 aromatic rings. The van der Waals surface area contributed by atoms with E-state index in [0.717, 1.165) is 30.6 Å². The molecule has 8 heteroatoms. The molecular formula is C14H21N3O4S. The van der Waals surface area contributed by atoms with Crippen LogP contribution in [0.4, 0.5) is 0 Å². The van der Waals surface area contributed by atoms with Crippen LogP contribution in [0.1, 0.15) is 19.8 Å². The standard InChI is InChI=1S/C14H21N3O4S/c1-8(18)11-10-5-9(6-22-4-2-3-16-7-15)12(14(20)21)17(10)13(11)19/h7-8,10-11,18H,2-6H2,1H3,(H2,15,16)(H,20,21). The van der Waals surface area contributed by atoms with Gasteiger partial charge in [-0.05, 0) is 31.1 Å². The van der Waals surface area contributed by atoms with Gasteiger partial charge in [0.25, 0.3) is 0 Å². The fraction of sp³-hybridized carbons (Fsp3) is 0.643. The Labute approximate surface area is 133 Å². The van der Waals surface area contributed by atoms with E-state index in [1.807, 2.05) is 0 Å². The molecule has 0 aliphatic carbocycles. The Morgan fingerprint density at radius 1 is 1.64 bits per heavy atom. The van der Waals surface area contributed by atoms with Crippen LogP contribution < -0.4 is 5.32 Å². The van der Waals surface area contributed by atoms with E-state index >= 15 is 0 Å². The van der Waals surface area contributed by atoms with Crippen molar-refractivity contribution in [3.8, 4) is 0 Å². The summed E-state index contributed by atoms with van der Waals surface area (Å²) in [6, 6.07) is -0.200. The van der Waals surface area contributed by atoms with Gasteiger partial charge in [-0.1, -0.05) is 0 Å². The van der Waals surface area contributed by atoms with Crippen LogP contribution in [0.3, 0.4) is 0 Å². The van der Waals surface area contributed by atoms with Crippen LogP contribution in [0.2, 0.25) is 0 Å². The zero-order valence-corrected chi connectivity index (χ0v) is 13.2. The number of carboxylic acids is 1. The number of hydrogen-bond acceptors (Lipinski definition) is 5. The number of carbonyl (C=O) groups is 2. The molecule has 2 aliphatic rings. The minimum absolute atomic E-state index is 0.108. The van der Waals surface area contributed by atoms with Crippen molar-refractivity contribution >= 4 is 30.0 Å². The third-order valence-corrected chi connectivity index (χ3v) is 5.14. The molecular weight excluding hydrogens is 306 g/mol. The first kappa shape index (κ1) is 16.8. The number of carbonyl (C=O) groups excluding carboxylic acids is 1. The highest BCUT2D eigenvalue weighted by Gasteiger charge is 2.56. The van der Waals surface area contributed by atoms with Gasteiger partial charge in [-0.15, -0.1) is 0 Å². The van der Waals surface area contributed by atoms with E-state index in [1.54, 1.807) is 18.7 Å². The molecule has 0 bridgehead atoms. The fourth-order valence-electron chi connectivity index (χ4n) is 3.03. The van der Waals surface area contributed by atoms with Gasteiger partial charge >= 0.3 is 5.97 Å². The predicted octanol–water partition coefficient (Wildman–Crippen LogP) is 0.257. The Kier molecular flexibility index (Phi) is 5.47. The number of hydrogen-bond donors (Lipinski definition) is 4. The number of fused-ring (bicyclic) bond motifs is 1. The van der Waals surface area contributed by atoms with E-state index in [9.17, 15) is 19.8 Å². The van der Waals surface area contributed by atoms with Gasteiger partial charge in [0.05, 0.1) is 24.4 Å². The molecule has 3 atom stereocenters. The number of amides is 1. The van der Waals surface area contributed by atoms with Crippen molar-refractivity contribution in [1.82, 2.24) is 10.2 Å². The number of nitrogens with zero attached hydrogens (tertiary/aromatic N) is 1. The first-order valence-electron chi connectivity index (χ1n) is 7.25. The monoisotopic (exact) mass is 327 g/mol. The molecule has 0 aromatic carbocycles. The first-order chi connectivity index (χ1) is 10.5. The minimum Gasteiger partial charge on any atom is -0.477 e. The summed E-state index contributed by atoms with van der Waals surface area (Å²) in [6.45, 7) is 2.29. The van der Waals surface area contributed by atoms with Crippen LogP contribution in [0, 0.1) is 11.3 Å². The molecule has 1 amide bonds. The van der Waals surface area contributed by atoms with Gasteiger partial charge in [-0.2, -0.15) is 11.8 Å². The molecule has 2 heterocycles.